The van der Waals surface area contributed by atoms with Crippen molar-refractivity contribution in [2.24, 2.45) is 0 Å². The van der Waals surface area contributed by atoms with Gasteiger partial charge in [-0.25, -0.2) is 14.6 Å². The Kier molecular flexibility index (Phi) is 7.30. The molecule has 0 spiro atoms. The standard InChI is InChI=1S/C28H24N2O3.C2HF3O2/c1-28(2,3)21-10-7-16(8-11-21)17-5-4-6-19(13-17)26-29-22-12-9-18-14-20(27(32)33)15-23(31)24(18)25(22)30-26;3-2(4,5)1(6)7/h4-15,31H,1-3H3,(H,29,30)(H,32,33);(H,6,7). The van der Waals surface area contributed by atoms with Crippen molar-refractivity contribution >= 4 is 33.7 Å². The quantitative estimate of drug-likeness (QED) is 0.186. The van der Waals surface area contributed by atoms with Crippen LogP contribution < -0.4 is 0 Å². The zero-order valence-electron chi connectivity index (χ0n) is 21.7. The zero-order valence-corrected chi connectivity index (χ0v) is 21.7. The molecule has 0 fully saturated rings. The molecule has 0 amide bonds. The summed E-state index contributed by atoms with van der Waals surface area (Å²) in [5.74, 6) is -3.25. The molecule has 4 aromatic carbocycles. The number of H-pyrrole nitrogens is 1. The van der Waals surface area contributed by atoms with Crippen LogP contribution in [0, 0.1) is 0 Å². The Morgan fingerprint density at radius 3 is 2.02 bits per heavy atom. The SMILES string of the molecule is CC(C)(C)c1ccc(-c2cccc(-c3nc4c(ccc5cc(C(=O)O)cc(O)c54)[nH]3)c2)cc1.O=C(O)C(F)(F)F. The van der Waals surface area contributed by atoms with Crippen molar-refractivity contribution in [1.82, 2.24) is 9.97 Å². The lowest BCUT2D eigenvalue weighted by molar-refractivity contribution is -0.192. The molecule has 5 rings (SSSR count). The van der Waals surface area contributed by atoms with E-state index >= 15 is 0 Å². The average molecular weight is 551 g/mol. The number of benzene rings is 4. The van der Waals surface area contributed by atoms with E-state index in [1.807, 2.05) is 18.2 Å². The van der Waals surface area contributed by atoms with Crippen molar-refractivity contribution in [1.29, 1.82) is 0 Å². The van der Waals surface area contributed by atoms with E-state index in [0.29, 0.717) is 22.1 Å². The predicted octanol–water partition coefficient (Wildman–Crippen LogP) is 7.38. The van der Waals surface area contributed by atoms with Gasteiger partial charge < -0.3 is 20.3 Å². The van der Waals surface area contributed by atoms with Gasteiger partial charge in [-0.1, -0.05) is 69.3 Å². The second kappa shape index (κ2) is 10.4. The molecule has 5 aromatic rings. The van der Waals surface area contributed by atoms with Crippen molar-refractivity contribution in [2.45, 2.75) is 32.4 Å². The van der Waals surface area contributed by atoms with E-state index in [4.69, 9.17) is 14.9 Å². The molecule has 1 heterocycles. The van der Waals surface area contributed by atoms with Gasteiger partial charge in [0.2, 0.25) is 0 Å². The van der Waals surface area contributed by atoms with Crippen molar-refractivity contribution < 1.29 is 38.1 Å². The monoisotopic (exact) mass is 550 g/mol. The Morgan fingerprint density at radius 2 is 1.45 bits per heavy atom. The van der Waals surface area contributed by atoms with E-state index in [1.165, 1.54) is 11.6 Å². The first-order valence-electron chi connectivity index (χ1n) is 12.1. The number of aromatic hydroxyl groups is 1. The molecule has 4 N–H and O–H groups in total. The topological polar surface area (TPSA) is 124 Å². The highest BCUT2D eigenvalue weighted by atomic mass is 19.4. The summed E-state index contributed by atoms with van der Waals surface area (Å²) in [7, 11) is 0. The minimum atomic E-state index is -5.08. The number of fused-ring (bicyclic) bond motifs is 3. The molecule has 206 valence electrons. The number of hydrogen-bond acceptors (Lipinski definition) is 4. The van der Waals surface area contributed by atoms with Gasteiger partial charge in [0, 0.05) is 5.56 Å². The molecule has 0 unspecified atom stereocenters. The first kappa shape index (κ1) is 28.2. The van der Waals surface area contributed by atoms with Gasteiger partial charge in [0.1, 0.15) is 17.1 Å². The fraction of sp³-hybridized carbons (Fsp3) is 0.167. The van der Waals surface area contributed by atoms with Gasteiger partial charge in [-0.3, -0.25) is 0 Å². The minimum Gasteiger partial charge on any atom is -0.507 e. The molecule has 0 atom stereocenters. The van der Waals surface area contributed by atoms with Crippen LogP contribution in [0.4, 0.5) is 13.2 Å². The molecule has 40 heavy (non-hydrogen) atoms. The maximum absolute atomic E-state index is 11.3. The van der Waals surface area contributed by atoms with Crippen LogP contribution in [0.1, 0.15) is 36.7 Å². The van der Waals surface area contributed by atoms with Crippen LogP contribution in [0.3, 0.4) is 0 Å². The highest BCUT2D eigenvalue weighted by Gasteiger charge is 2.38. The summed E-state index contributed by atoms with van der Waals surface area (Å²) in [5.41, 5.74) is 5.97. The van der Waals surface area contributed by atoms with E-state index in [2.05, 4.69) is 62.2 Å². The third-order valence-corrected chi connectivity index (χ3v) is 6.26. The van der Waals surface area contributed by atoms with Gasteiger partial charge in [-0.2, -0.15) is 13.2 Å². The number of phenolic OH excluding ortho intramolecular Hbond substituents is 1. The molecule has 0 bridgehead atoms. The maximum atomic E-state index is 11.3. The second-order valence-electron chi connectivity index (χ2n) is 10.2. The summed E-state index contributed by atoms with van der Waals surface area (Å²) in [6.45, 7) is 6.61. The second-order valence-corrected chi connectivity index (χ2v) is 10.2. The Morgan fingerprint density at radius 1 is 0.825 bits per heavy atom. The minimum absolute atomic E-state index is 0.0419. The van der Waals surface area contributed by atoms with Gasteiger partial charge in [0.05, 0.1) is 16.5 Å². The molecular formula is C30H25F3N2O5. The molecule has 1 aromatic heterocycles. The first-order valence-corrected chi connectivity index (χ1v) is 12.1. The summed E-state index contributed by atoms with van der Waals surface area (Å²) < 4.78 is 31.7. The van der Waals surface area contributed by atoms with Crippen molar-refractivity contribution in [2.75, 3.05) is 0 Å². The van der Waals surface area contributed by atoms with E-state index in [1.54, 1.807) is 12.1 Å². The van der Waals surface area contributed by atoms with E-state index in [-0.39, 0.29) is 16.7 Å². The number of halogens is 3. The summed E-state index contributed by atoms with van der Waals surface area (Å²) in [6, 6.07) is 23.3. The number of nitrogens with zero attached hydrogens (tertiary/aromatic N) is 1. The zero-order chi connectivity index (χ0) is 29.4. The number of hydrogen-bond donors (Lipinski definition) is 4. The lowest BCUT2D eigenvalue weighted by Gasteiger charge is -2.19. The van der Waals surface area contributed by atoms with Crippen LogP contribution >= 0.6 is 0 Å². The Hall–Kier alpha value is -4.86. The predicted molar refractivity (Wildman–Crippen MR) is 145 cm³/mol. The van der Waals surface area contributed by atoms with Crippen molar-refractivity contribution in [3.8, 4) is 28.3 Å². The summed E-state index contributed by atoms with van der Waals surface area (Å²) in [5, 5.41) is 28.1. The average Bonchev–Trinajstić information content (AvgIpc) is 3.32. The van der Waals surface area contributed by atoms with Crippen LogP contribution in [-0.4, -0.2) is 43.4 Å². The largest absolute Gasteiger partial charge is 0.507 e. The third-order valence-electron chi connectivity index (χ3n) is 6.26. The number of phenols is 1. The first-order chi connectivity index (χ1) is 18.6. The van der Waals surface area contributed by atoms with E-state index < -0.39 is 18.1 Å². The number of carboxylic acid groups (broad SMARTS) is 2. The van der Waals surface area contributed by atoms with Gasteiger partial charge >= 0.3 is 18.1 Å². The van der Waals surface area contributed by atoms with Crippen LogP contribution in [0.25, 0.3) is 44.3 Å². The number of nitrogens with one attached hydrogen (secondary N) is 1. The lowest BCUT2D eigenvalue weighted by atomic mass is 9.86. The van der Waals surface area contributed by atoms with Gasteiger partial charge in [0.15, 0.2) is 0 Å². The Labute approximate surface area is 226 Å². The number of carbonyl (C=O) groups is 2. The number of aromatic carboxylic acids is 1. The Balaban J connectivity index is 0.000000470. The van der Waals surface area contributed by atoms with E-state index in [0.717, 1.165) is 22.2 Å². The number of imidazole rings is 1. The number of aromatic amines is 1. The molecule has 0 aliphatic rings. The molecule has 0 aliphatic heterocycles. The molecule has 10 heteroatoms. The van der Waals surface area contributed by atoms with Crippen molar-refractivity contribution in [3.05, 3.63) is 83.9 Å². The van der Waals surface area contributed by atoms with Gasteiger partial charge in [-0.05, 0) is 51.8 Å². The van der Waals surface area contributed by atoms with Gasteiger partial charge in [-0.15, -0.1) is 0 Å². The number of rotatable bonds is 3. The molecular weight excluding hydrogens is 525 g/mol. The van der Waals surface area contributed by atoms with Gasteiger partial charge in [0.25, 0.3) is 0 Å². The molecule has 0 saturated heterocycles. The van der Waals surface area contributed by atoms with Crippen LogP contribution in [-0.2, 0) is 10.2 Å². The summed E-state index contributed by atoms with van der Waals surface area (Å²) in [6.07, 6.45) is -5.08. The van der Waals surface area contributed by atoms with Crippen LogP contribution in [0.2, 0.25) is 0 Å². The normalized spacial score (nSPS) is 11.8. The summed E-state index contributed by atoms with van der Waals surface area (Å²) in [4.78, 5) is 28.3. The number of carboxylic acids is 2. The molecule has 7 nitrogen and oxygen atoms in total. The number of aromatic nitrogens is 2. The maximum Gasteiger partial charge on any atom is 0.490 e. The fourth-order valence-electron chi connectivity index (χ4n) is 4.18. The molecule has 0 saturated carbocycles. The third kappa shape index (κ3) is 5.90. The molecule has 0 aliphatic carbocycles. The highest BCUT2D eigenvalue weighted by Crippen LogP contribution is 2.35. The van der Waals surface area contributed by atoms with Crippen LogP contribution in [0.15, 0.2) is 72.8 Å². The number of alkyl halides is 3. The lowest BCUT2D eigenvalue weighted by Crippen LogP contribution is -2.21. The highest BCUT2D eigenvalue weighted by molar-refractivity contribution is 6.10. The smallest absolute Gasteiger partial charge is 0.490 e. The number of aliphatic carboxylic acids is 1. The Bertz CT molecular complexity index is 1730. The van der Waals surface area contributed by atoms with E-state index in [9.17, 15) is 28.2 Å². The molecule has 0 radical (unpaired) electrons. The summed E-state index contributed by atoms with van der Waals surface area (Å²) >= 11 is 0. The van der Waals surface area contributed by atoms with Crippen molar-refractivity contribution in [3.63, 3.8) is 0 Å². The van der Waals surface area contributed by atoms with Crippen LogP contribution in [0.5, 0.6) is 5.75 Å². The fourth-order valence-corrected chi connectivity index (χ4v) is 4.18.